The maximum Gasteiger partial charge on any atom is 0.266 e. The van der Waals surface area contributed by atoms with Gasteiger partial charge in [-0.05, 0) is 64.3 Å². The number of nitriles is 1. The van der Waals surface area contributed by atoms with E-state index in [4.69, 9.17) is 4.74 Å². The van der Waals surface area contributed by atoms with Crippen molar-refractivity contribution in [3.05, 3.63) is 63.6 Å². The molecule has 0 saturated carbocycles. The Morgan fingerprint density at radius 3 is 2.52 bits per heavy atom. The topological polar surface area (TPSA) is 62.1 Å². The first kappa shape index (κ1) is 16.8. The monoisotopic (exact) mass is 370 g/mol. The second kappa shape index (κ2) is 7.61. The van der Waals surface area contributed by atoms with Gasteiger partial charge in [-0.2, -0.15) is 5.26 Å². The number of carbonyl (C=O) groups excluding carboxylic acids is 1. The lowest BCUT2D eigenvalue weighted by Gasteiger charge is -2.07. The van der Waals surface area contributed by atoms with Crippen LogP contribution in [0.4, 0.5) is 5.69 Å². The second-order valence-corrected chi connectivity index (χ2v) is 5.73. The fourth-order valence-electron chi connectivity index (χ4n) is 1.93. The fraction of sp³-hybridized carbons (Fsp3) is 0.111. The normalized spacial score (nSPS) is 10.8. The van der Waals surface area contributed by atoms with Crippen LogP contribution >= 0.6 is 15.9 Å². The molecule has 0 fully saturated rings. The first-order valence-electron chi connectivity index (χ1n) is 6.87. The fourth-order valence-corrected chi connectivity index (χ4v) is 2.52. The van der Waals surface area contributed by atoms with E-state index in [0.29, 0.717) is 11.4 Å². The molecule has 116 valence electrons. The average Bonchev–Trinajstić information content (AvgIpc) is 2.55. The molecule has 5 heteroatoms. The van der Waals surface area contributed by atoms with Crippen molar-refractivity contribution in [3.8, 4) is 11.8 Å². The molecule has 0 aliphatic heterocycles. The van der Waals surface area contributed by atoms with Crippen molar-refractivity contribution >= 4 is 33.6 Å². The van der Waals surface area contributed by atoms with Crippen molar-refractivity contribution < 1.29 is 9.53 Å². The molecule has 2 aromatic carbocycles. The van der Waals surface area contributed by atoms with Gasteiger partial charge in [-0.3, -0.25) is 4.79 Å². The van der Waals surface area contributed by atoms with Crippen molar-refractivity contribution in [3.63, 3.8) is 0 Å². The molecule has 23 heavy (non-hydrogen) atoms. The Hall–Kier alpha value is -2.58. The van der Waals surface area contributed by atoms with Gasteiger partial charge < -0.3 is 10.1 Å². The van der Waals surface area contributed by atoms with Crippen LogP contribution in [0.3, 0.4) is 0 Å². The molecule has 0 aliphatic carbocycles. The highest BCUT2D eigenvalue weighted by Crippen LogP contribution is 2.24. The zero-order valence-electron chi connectivity index (χ0n) is 12.8. The number of aryl methyl sites for hydroxylation is 1. The molecule has 0 aromatic heterocycles. The van der Waals surface area contributed by atoms with E-state index in [1.54, 1.807) is 37.4 Å². The first-order chi connectivity index (χ1) is 11.0. The Morgan fingerprint density at radius 2 is 1.96 bits per heavy atom. The largest absolute Gasteiger partial charge is 0.497 e. The summed E-state index contributed by atoms with van der Waals surface area (Å²) in [6.45, 7) is 1.96. The zero-order chi connectivity index (χ0) is 16.8. The van der Waals surface area contributed by atoms with Crippen molar-refractivity contribution in [2.75, 3.05) is 12.4 Å². The van der Waals surface area contributed by atoms with E-state index < -0.39 is 5.91 Å². The number of ether oxygens (including phenoxy) is 1. The summed E-state index contributed by atoms with van der Waals surface area (Å²) in [7, 11) is 1.58. The van der Waals surface area contributed by atoms with E-state index in [-0.39, 0.29) is 5.57 Å². The Kier molecular flexibility index (Phi) is 5.56. The number of hydrogen-bond donors (Lipinski definition) is 1. The van der Waals surface area contributed by atoms with Gasteiger partial charge in [0.25, 0.3) is 5.91 Å². The molecule has 1 amide bonds. The molecule has 0 spiro atoms. The van der Waals surface area contributed by atoms with Crippen LogP contribution in [-0.2, 0) is 4.79 Å². The Labute approximate surface area is 143 Å². The van der Waals surface area contributed by atoms with Gasteiger partial charge in [0.1, 0.15) is 17.4 Å². The molecule has 0 atom stereocenters. The number of nitrogens with zero attached hydrogens (tertiary/aromatic N) is 1. The van der Waals surface area contributed by atoms with Gasteiger partial charge in [0.15, 0.2) is 0 Å². The van der Waals surface area contributed by atoms with Crippen LogP contribution in [0.2, 0.25) is 0 Å². The Morgan fingerprint density at radius 1 is 1.26 bits per heavy atom. The quantitative estimate of drug-likeness (QED) is 0.644. The molecular weight excluding hydrogens is 356 g/mol. The highest BCUT2D eigenvalue weighted by Gasteiger charge is 2.11. The SMILES string of the molecule is COc1ccc(C=C(C#N)C(=O)Nc2ccc(C)cc2Br)cc1. The van der Waals surface area contributed by atoms with E-state index in [0.717, 1.165) is 15.6 Å². The third kappa shape index (κ3) is 4.44. The standard InChI is InChI=1S/C18H15BrN2O2/c1-12-3-8-17(16(19)9-12)21-18(22)14(11-20)10-13-4-6-15(23-2)7-5-13/h3-10H,1-2H3,(H,21,22). The van der Waals surface area contributed by atoms with Crippen molar-refractivity contribution in [1.29, 1.82) is 5.26 Å². The van der Waals surface area contributed by atoms with E-state index in [1.807, 2.05) is 25.1 Å². The summed E-state index contributed by atoms with van der Waals surface area (Å²) in [6.07, 6.45) is 1.54. The number of amides is 1. The zero-order valence-corrected chi connectivity index (χ0v) is 14.3. The number of benzene rings is 2. The van der Waals surface area contributed by atoms with Gasteiger partial charge >= 0.3 is 0 Å². The number of carbonyl (C=O) groups is 1. The van der Waals surface area contributed by atoms with Gasteiger partial charge in [-0.1, -0.05) is 18.2 Å². The molecule has 2 rings (SSSR count). The van der Waals surface area contributed by atoms with Crippen LogP contribution in [0, 0.1) is 18.3 Å². The van der Waals surface area contributed by atoms with Crippen LogP contribution in [0.15, 0.2) is 52.5 Å². The lowest BCUT2D eigenvalue weighted by molar-refractivity contribution is -0.112. The summed E-state index contributed by atoms with van der Waals surface area (Å²) in [5.41, 5.74) is 2.48. The van der Waals surface area contributed by atoms with E-state index in [9.17, 15) is 10.1 Å². The summed E-state index contributed by atoms with van der Waals surface area (Å²) in [5, 5.41) is 12.0. The maximum absolute atomic E-state index is 12.3. The minimum atomic E-state index is -0.451. The number of halogens is 1. The summed E-state index contributed by atoms with van der Waals surface area (Å²) < 4.78 is 5.85. The highest BCUT2D eigenvalue weighted by atomic mass is 79.9. The molecule has 4 nitrogen and oxygen atoms in total. The van der Waals surface area contributed by atoms with Crippen LogP contribution in [0.5, 0.6) is 5.75 Å². The third-order valence-corrected chi connectivity index (χ3v) is 3.82. The van der Waals surface area contributed by atoms with E-state index in [2.05, 4.69) is 21.2 Å². The van der Waals surface area contributed by atoms with Gasteiger partial charge in [0.2, 0.25) is 0 Å². The van der Waals surface area contributed by atoms with Crippen LogP contribution < -0.4 is 10.1 Å². The molecular formula is C18H15BrN2O2. The number of nitrogens with one attached hydrogen (secondary N) is 1. The second-order valence-electron chi connectivity index (χ2n) is 4.88. The molecule has 1 N–H and O–H groups in total. The molecule has 0 aliphatic rings. The minimum absolute atomic E-state index is 0.0302. The van der Waals surface area contributed by atoms with Crippen molar-refractivity contribution in [2.45, 2.75) is 6.92 Å². The lowest BCUT2D eigenvalue weighted by Crippen LogP contribution is -2.13. The molecule has 0 saturated heterocycles. The van der Waals surface area contributed by atoms with E-state index >= 15 is 0 Å². The summed E-state index contributed by atoms with van der Waals surface area (Å²) in [5.74, 6) is 0.265. The third-order valence-electron chi connectivity index (χ3n) is 3.16. The number of anilines is 1. The van der Waals surface area contributed by atoms with Crippen LogP contribution in [0.1, 0.15) is 11.1 Å². The molecule has 2 aromatic rings. The smallest absolute Gasteiger partial charge is 0.266 e. The number of rotatable bonds is 4. The Bertz CT molecular complexity index is 790. The Balaban J connectivity index is 2.20. The first-order valence-corrected chi connectivity index (χ1v) is 7.66. The highest BCUT2D eigenvalue weighted by molar-refractivity contribution is 9.10. The summed E-state index contributed by atoms with van der Waals surface area (Å²) in [4.78, 5) is 12.3. The van der Waals surface area contributed by atoms with Gasteiger partial charge in [0, 0.05) is 4.47 Å². The van der Waals surface area contributed by atoms with Gasteiger partial charge in [0.05, 0.1) is 12.8 Å². The van der Waals surface area contributed by atoms with Crippen molar-refractivity contribution in [1.82, 2.24) is 0 Å². The summed E-state index contributed by atoms with van der Waals surface area (Å²) in [6, 6.07) is 14.6. The van der Waals surface area contributed by atoms with Crippen molar-refractivity contribution in [2.24, 2.45) is 0 Å². The number of methoxy groups -OCH3 is 1. The minimum Gasteiger partial charge on any atom is -0.497 e. The van der Waals surface area contributed by atoms with Crippen LogP contribution in [-0.4, -0.2) is 13.0 Å². The van der Waals surface area contributed by atoms with Crippen LogP contribution in [0.25, 0.3) is 6.08 Å². The van der Waals surface area contributed by atoms with Gasteiger partial charge in [-0.25, -0.2) is 0 Å². The summed E-state index contributed by atoms with van der Waals surface area (Å²) >= 11 is 3.40. The predicted octanol–water partition coefficient (Wildman–Crippen LogP) is 4.31. The average molecular weight is 371 g/mol. The number of hydrogen-bond acceptors (Lipinski definition) is 3. The van der Waals surface area contributed by atoms with Gasteiger partial charge in [-0.15, -0.1) is 0 Å². The van der Waals surface area contributed by atoms with E-state index in [1.165, 1.54) is 6.08 Å². The molecule has 0 unspecified atom stereocenters. The molecule has 0 radical (unpaired) electrons. The predicted molar refractivity (Wildman–Crippen MR) is 94.1 cm³/mol. The molecule has 0 bridgehead atoms. The molecule has 0 heterocycles. The maximum atomic E-state index is 12.3. The lowest BCUT2D eigenvalue weighted by atomic mass is 10.1.